The number of anilines is 3. The van der Waals surface area contributed by atoms with Crippen LogP contribution in [0.15, 0.2) is 66.7 Å². The monoisotopic (exact) mass is 531 g/mol. The van der Waals surface area contributed by atoms with Gasteiger partial charge in [-0.1, -0.05) is 24.3 Å². The van der Waals surface area contributed by atoms with E-state index in [4.69, 9.17) is 19.9 Å². The van der Waals surface area contributed by atoms with Gasteiger partial charge in [-0.2, -0.15) is 0 Å². The third-order valence-corrected chi connectivity index (χ3v) is 6.67. The van der Waals surface area contributed by atoms with E-state index in [0.29, 0.717) is 73.6 Å². The van der Waals surface area contributed by atoms with E-state index in [0.717, 1.165) is 25.2 Å². The Morgan fingerprint density at radius 2 is 1.62 bits per heavy atom. The van der Waals surface area contributed by atoms with E-state index in [-0.39, 0.29) is 11.9 Å². The van der Waals surface area contributed by atoms with Gasteiger partial charge in [0.15, 0.2) is 11.5 Å². The van der Waals surface area contributed by atoms with Gasteiger partial charge in [-0.15, -0.1) is 0 Å². The number of ether oxygens (including phenoxy) is 3. The number of nitrogen functional groups attached to an aromatic ring is 1. The van der Waals surface area contributed by atoms with Gasteiger partial charge in [0.2, 0.25) is 0 Å². The zero-order valence-corrected chi connectivity index (χ0v) is 21.7. The highest BCUT2D eigenvalue weighted by Crippen LogP contribution is 2.32. The maximum Gasteiger partial charge on any atom is 0.322 e. The van der Waals surface area contributed by atoms with E-state index >= 15 is 0 Å². The summed E-state index contributed by atoms with van der Waals surface area (Å²) < 4.78 is 16.7. The summed E-state index contributed by atoms with van der Waals surface area (Å²) in [5.74, 6) is 1.03. The molecule has 3 aromatic carbocycles. The molecule has 0 radical (unpaired) electrons. The van der Waals surface area contributed by atoms with Crippen molar-refractivity contribution in [3.63, 3.8) is 0 Å². The first-order chi connectivity index (χ1) is 19.0. The van der Waals surface area contributed by atoms with E-state index in [1.807, 2.05) is 24.3 Å². The predicted octanol–water partition coefficient (Wildman–Crippen LogP) is 3.66. The van der Waals surface area contributed by atoms with E-state index < -0.39 is 0 Å². The number of amides is 3. The first kappa shape index (κ1) is 26.3. The molecule has 0 bridgehead atoms. The predicted molar refractivity (Wildman–Crippen MR) is 149 cm³/mol. The van der Waals surface area contributed by atoms with Gasteiger partial charge in [-0.05, 0) is 42.0 Å². The molecule has 1 fully saturated rings. The number of nitrogens with two attached hydrogens (primary N) is 1. The van der Waals surface area contributed by atoms with Crippen LogP contribution in [0, 0.1) is 0 Å². The molecule has 10 heteroatoms. The third kappa shape index (κ3) is 6.98. The van der Waals surface area contributed by atoms with Crippen molar-refractivity contribution < 1.29 is 23.8 Å². The SMILES string of the molecule is Nc1ccccc1NC(=O)c1ccc(CN(CCN2CCOCC2)C(=O)Nc2ccc3c(c2)OCCO3)cc1. The van der Waals surface area contributed by atoms with Gasteiger partial charge in [-0.25, -0.2) is 4.79 Å². The van der Waals surface area contributed by atoms with E-state index in [1.165, 1.54) is 0 Å². The summed E-state index contributed by atoms with van der Waals surface area (Å²) in [6.07, 6.45) is 0. The lowest BCUT2D eigenvalue weighted by Gasteiger charge is -2.30. The molecule has 0 unspecified atom stereocenters. The summed E-state index contributed by atoms with van der Waals surface area (Å²) in [5.41, 5.74) is 9.05. The largest absolute Gasteiger partial charge is 0.486 e. The van der Waals surface area contributed by atoms with E-state index in [2.05, 4.69) is 15.5 Å². The Balaban J connectivity index is 1.26. The highest BCUT2D eigenvalue weighted by molar-refractivity contribution is 6.05. The fraction of sp³-hybridized carbons (Fsp3) is 0.310. The van der Waals surface area contributed by atoms with Gasteiger partial charge in [-0.3, -0.25) is 9.69 Å². The molecular formula is C29H33N5O5. The van der Waals surface area contributed by atoms with Crippen LogP contribution in [0.2, 0.25) is 0 Å². The number of rotatable bonds is 8. The van der Waals surface area contributed by atoms with Gasteiger partial charge in [0.1, 0.15) is 13.2 Å². The van der Waals surface area contributed by atoms with Crippen molar-refractivity contribution in [2.45, 2.75) is 6.54 Å². The molecule has 2 aliphatic heterocycles. The van der Waals surface area contributed by atoms with Crippen molar-refractivity contribution in [2.24, 2.45) is 0 Å². The Bertz CT molecular complexity index is 1290. The molecule has 0 aromatic heterocycles. The highest BCUT2D eigenvalue weighted by Gasteiger charge is 2.19. The maximum absolute atomic E-state index is 13.4. The summed E-state index contributed by atoms with van der Waals surface area (Å²) in [4.78, 5) is 30.2. The molecule has 204 valence electrons. The molecule has 39 heavy (non-hydrogen) atoms. The average Bonchev–Trinajstić information content (AvgIpc) is 2.97. The number of morpholine rings is 1. The van der Waals surface area contributed by atoms with Crippen molar-refractivity contribution in [1.82, 2.24) is 9.80 Å². The quantitative estimate of drug-likeness (QED) is 0.380. The fourth-order valence-corrected chi connectivity index (χ4v) is 4.45. The summed E-state index contributed by atoms with van der Waals surface area (Å²) in [6, 6.07) is 19.5. The molecule has 2 heterocycles. The van der Waals surface area contributed by atoms with Crippen molar-refractivity contribution >= 4 is 29.0 Å². The van der Waals surface area contributed by atoms with Crippen LogP contribution in [-0.4, -0.2) is 74.3 Å². The molecule has 5 rings (SSSR count). The fourth-order valence-electron chi connectivity index (χ4n) is 4.45. The number of benzene rings is 3. The first-order valence-electron chi connectivity index (χ1n) is 13.1. The third-order valence-electron chi connectivity index (χ3n) is 6.67. The molecule has 3 aromatic rings. The van der Waals surface area contributed by atoms with Gasteiger partial charge in [0.05, 0.1) is 24.6 Å². The second-order valence-corrected chi connectivity index (χ2v) is 9.40. The lowest BCUT2D eigenvalue weighted by Crippen LogP contribution is -2.44. The Morgan fingerprint density at radius 3 is 2.38 bits per heavy atom. The zero-order valence-electron chi connectivity index (χ0n) is 21.7. The standard InChI is InChI=1S/C29H33N5O5/c30-24-3-1-2-4-25(24)32-28(35)22-7-5-21(6-8-22)20-34(12-11-33-13-15-37-16-14-33)29(36)31-23-9-10-26-27(19-23)39-18-17-38-26/h1-10,19H,11-18,20,30H2,(H,31,36)(H,32,35). The molecule has 0 atom stereocenters. The van der Waals surface area contributed by atoms with E-state index in [1.54, 1.807) is 47.4 Å². The number of nitrogens with one attached hydrogen (secondary N) is 2. The van der Waals surface area contributed by atoms with Gasteiger partial charge in [0.25, 0.3) is 5.91 Å². The van der Waals surface area contributed by atoms with Crippen molar-refractivity contribution in [2.75, 3.05) is 69.0 Å². The Morgan fingerprint density at radius 1 is 0.872 bits per heavy atom. The number of carbonyl (C=O) groups is 2. The average molecular weight is 532 g/mol. The second kappa shape index (κ2) is 12.5. The van der Waals surface area contributed by atoms with Crippen LogP contribution in [0.3, 0.4) is 0 Å². The Labute approximate surface area is 227 Å². The summed E-state index contributed by atoms with van der Waals surface area (Å²) >= 11 is 0. The minimum atomic E-state index is -0.250. The van der Waals surface area contributed by atoms with E-state index in [9.17, 15) is 9.59 Å². The maximum atomic E-state index is 13.4. The molecule has 0 spiro atoms. The minimum absolute atomic E-state index is 0.221. The lowest BCUT2D eigenvalue weighted by molar-refractivity contribution is 0.0349. The topological polar surface area (TPSA) is 118 Å². The van der Waals surface area contributed by atoms with Crippen LogP contribution in [0.4, 0.5) is 21.9 Å². The van der Waals surface area contributed by atoms with Crippen molar-refractivity contribution in [3.8, 4) is 11.5 Å². The number of para-hydroxylation sites is 2. The van der Waals surface area contributed by atoms with Gasteiger partial charge >= 0.3 is 6.03 Å². The molecule has 3 amide bonds. The normalized spacial score (nSPS) is 14.9. The molecule has 2 aliphatic rings. The van der Waals surface area contributed by atoms with Crippen LogP contribution in [0.25, 0.3) is 0 Å². The number of hydrogen-bond donors (Lipinski definition) is 3. The Kier molecular flexibility index (Phi) is 8.45. The number of fused-ring (bicyclic) bond motifs is 1. The van der Waals surface area contributed by atoms with Crippen LogP contribution < -0.4 is 25.8 Å². The zero-order chi connectivity index (χ0) is 27.0. The highest BCUT2D eigenvalue weighted by atomic mass is 16.6. The summed E-state index contributed by atoms with van der Waals surface area (Å²) in [6.45, 7) is 5.71. The number of urea groups is 1. The summed E-state index contributed by atoms with van der Waals surface area (Å²) in [5, 5.41) is 5.83. The smallest absolute Gasteiger partial charge is 0.322 e. The molecule has 4 N–H and O–H groups in total. The van der Waals surface area contributed by atoms with Crippen LogP contribution >= 0.6 is 0 Å². The number of carbonyl (C=O) groups excluding carboxylic acids is 2. The van der Waals surface area contributed by atoms with Crippen LogP contribution in [-0.2, 0) is 11.3 Å². The Hall–Kier alpha value is -4.28. The van der Waals surface area contributed by atoms with Gasteiger partial charge in [0, 0.05) is 50.0 Å². The molecule has 0 aliphatic carbocycles. The van der Waals surface area contributed by atoms with Crippen molar-refractivity contribution in [3.05, 3.63) is 77.9 Å². The number of nitrogens with zero attached hydrogens (tertiary/aromatic N) is 2. The molecular weight excluding hydrogens is 498 g/mol. The first-order valence-corrected chi connectivity index (χ1v) is 13.1. The van der Waals surface area contributed by atoms with Crippen molar-refractivity contribution in [1.29, 1.82) is 0 Å². The van der Waals surface area contributed by atoms with Crippen LogP contribution in [0.1, 0.15) is 15.9 Å². The minimum Gasteiger partial charge on any atom is -0.486 e. The molecule has 0 saturated carbocycles. The number of hydrogen-bond acceptors (Lipinski definition) is 7. The second-order valence-electron chi connectivity index (χ2n) is 9.40. The molecule has 1 saturated heterocycles. The lowest BCUT2D eigenvalue weighted by atomic mass is 10.1. The van der Waals surface area contributed by atoms with Gasteiger partial charge < -0.3 is 35.5 Å². The van der Waals surface area contributed by atoms with Crippen LogP contribution in [0.5, 0.6) is 11.5 Å². The molecule has 10 nitrogen and oxygen atoms in total. The summed E-state index contributed by atoms with van der Waals surface area (Å²) in [7, 11) is 0.